The molecular formula is C35H45IN4O3S. The number of anilines is 1. The summed E-state index contributed by atoms with van der Waals surface area (Å²) in [7, 11) is 0. The van der Waals surface area contributed by atoms with Gasteiger partial charge in [0.05, 0.1) is 26.4 Å². The number of thiophene rings is 1. The van der Waals surface area contributed by atoms with E-state index in [1.807, 2.05) is 42.7 Å². The van der Waals surface area contributed by atoms with Crippen LogP contribution in [0.25, 0.3) is 11.4 Å². The van der Waals surface area contributed by atoms with Crippen LogP contribution in [0.4, 0.5) is 5.69 Å². The fourth-order valence-corrected chi connectivity index (χ4v) is 8.27. The van der Waals surface area contributed by atoms with Crippen LogP contribution in [-0.2, 0) is 14.6 Å². The van der Waals surface area contributed by atoms with Gasteiger partial charge in [0, 0.05) is 30.0 Å². The minimum Gasteiger partial charge on any atom is -0.480 e. The van der Waals surface area contributed by atoms with Gasteiger partial charge in [-0.15, -0.1) is 11.3 Å². The Balaban J connectivity index is 1.13. The van der Waals surface area contributed by atoms with Crippen LogP contribution in [0.15, 0.2) is 48.8 Å². The lowest BCUT2D eigenvalue weighted by Crippen LogP contribution is -2.42. The Labute approximate surface area is 279 Å². The lowest BCUT2D eigenvalue weighted by Gasteiger charge is -2.39. The normalized spacial score (nSPS) is 20.3. The molecule has 7 nitrogen and oxygen atoms in total. The molecule has 1 saturated heterocycles. The number of hydrogen-bond acceptors (Lipinski definition) is 6. The van der Waals surface area contributed by atoms with Gasteiger partial charge in [0.15, 0.2) is 5.82 Å². The molecule has 236 valence electrons. The lowest BCUT2D eigenvalue weighted by atomic mass is 9.72. The van der Waals surface area contributed by atoms with Crippen molar-refractivity contribution in [1.82, 2.24) is 15.3 Å². The molecular weight excluding hydrogens is 683 g/mol. The number of carboxylic acids is 1. The van der Waals surface area contributed by atoms with Crippen LogP contribution >= 0.6 is 33.9 Å². The van der Waals surface area contributed by atoms with E-state index in [2.05, 4.69) is 63.5 Å². The Bertz CT molecular complexity index is 1390. The Morgan fingerprint density at radius 2 is 1.64 bits per heavy atom. The highest BCUT2D eigenvalue weighted by Gasteiger charge is 2.30. The molecule has 2 aliphatic rings. The van der Waals surface area contributed by atoms with E-state index in [-0.39, 0.29) is 15.7 Å². The van der Waals surface area contributed by atoms with Crippen molar-refractivity contribution in [2.75, 3.05) is 18.0 Å². The third-order valence-electron chi connectivity index (χ3n) is 9.47. The standard InChI is InChI=1S/C35H45IN4O3S/c1-4-5-23-6-10-25(11-7-23)26-16-18-40(19-17-26)28-21-37-32(38-22-28)27-12-8-24(9-13-27)20-29(34(42)43)39-33(41)30-14-15-31(44-30)35(2,3)36/h8-9,12-15,21-23,25-26,29H,4-7,10-11,16-20H2,1-3H3,(H,39,41)(H,42,43)/t23?,25?,29-/m0/s1. The number of nitrogens with zero attached hydrogens (tertiary/aromatic N) is 3. The zero-order valence-electron chi connectivity index (χ0n) is 26.1. The van der Waals surface area contributed by atoms with E-state index in [1.165, 1.54) is 62.7 Å². The number of halogens is 1. The maximum absolute atomic E-state index is 12.8. The van der Waals surface area contributed by atoms with Gasteiger partial charge in [-0.2, -0.15) is 0 Å². The van der Waals surface area contributed by atoms with Gasteiger partial charge >= 0.3 is 5.97 Å². The number of carbonyl (C=O) groups is 2. The highest BCUT2D eigenvalue weighted by atomic mass is 127. The zero-order chi connectivity index (χ0) is 31.3. The summed E-state index contributed by atoms with van der Waals surface area (Å²) in [6.07, 6.45) is 15.0. The molecule has 0 spiro atoms. The van der Waals surface area contributed by atoms with Crippen molar-refractivity contribution in [3.63, 3.8) is 0 Å². The molecule has 1 aliphatic heterocycles. The first-order valence-electron chi connectivity index (χ1n) is 16.1. The number of carbonyl (C=O) groups excluding carboxylic acids is 1. The Morgan fingerprint density at radius 3 is 2.20 bits per heavy atom. The molecule has 3 aromatic rings. The van der Waals surface area contributed by atoms with Gasteiger partial charge < -0.3 is 15.3 Å². The number of benzene rings is 1. The first-order chi connectivity index (χ1) is 21.1. The minimum absolute atomic E-state index is 0.0945. The summed E-state index contributed by atoms with van der Waals surface area (Å²) in [5.74, 6) is 1.97. The summed E-state index contributed by atoms with van der Waals surface area (Å²) < 4.78 is -0.0945. The highest BCUT2D eigenvalue weighted by Crippen LogP contribution is 2.40. The van der Waals surface area contributed by atoms with Crippen molar-refractivity contribution in [3.05, 3.63) is 64.1 Å². The molecule has 9 heteroatoms. The summed E-state index contributed by atoms with van der Waals surface area (Å²) in [5.41, 5.74) is 2.77. The van der Waals surface area contributed by atoms with Crippen LogP contribution in [0.5, 0.6) is 0 Å². The van der Waals surface area contributed by atoms with Crippen LogP contribution in [-0.4, -0.2) is 46.1 Å². The molecule has 1 amide bonds. The summed E-state index contributed by atoms with van der Waals surface area (Å²) in [5, 5.41) is 12.5. The molecule has 1 aliphatic carbocycles. The number of carboxylic acid groups (broad SMARTS) is 1. The van der Waals surface area contributed by atoms with Crippen molar-refractivity contribution in [2.45, 2.75) is 88.0 Å². The molecule has 0 unspecified atom stereocenters. The average Bonchev–Trinajstić information content (AvgIpc) is 3.54. The Kier molecular flexibility index (Phi) is 11.0. The van der Waals surface area contributed by atoms with Crippen molar-refractivity contribution in [3.8, 4) is 11.4 Å². The van der Waals surface area contributed by atoms with E-state index < -0.39 is 12.0 Å². The number of amides is 1. The molecule has 2 fully saturated rings. The monoisotopic (exact) mass is 728 g/mol. The van der Waals surface area contributed by atoms with Crippen LogP contribution in [0.3, 0.4) is 0 Å². The van der Waals surface area contributed by atoms with E-state index >= 15 is 0 Å². The van der Waals surface area contributed by atoms with Crippen molar-refractivity contribution >= 4 is 51.5 Å². The van der Waals surface area contributed by atoms with Crippen LogP contribution in [0.2, 0.25) is 0 Å². The maximum atomic E-state index is 12.8. The van der Waals surface area contributed by atoms with Gasteiger partial charge in [-0.3, -0.25) is 4.79 Å². The van der Waals surface area contributed by atoms with Gasteiger partial charge in [-0.25, -0.2) is 14.8 Å². The first-order valence-corrected chi connectivity index (χ1v) is 18.0. The van der Waals surface area contributed by atoms with Crippen LogP contribution in [0, 0.1) is 17.8 Å². The van der Waals surface area contributed by atoms with E-state index in [4.69, 9.17) is 0 Å². The van der Waals surface area contributed by atoms with Crippen molar-refractivity contribution in [1.29, 1.82) is 0 Å². The molecule has 1 atom stereocenters. The maximum Gasteiger partial charge on any atom is 0.326 e. The predicted molar refractivity (Wildman–Crippen MR) is 187 cm³/mol. The fraction of sp³-hybridized carbons (Fsp3) is 0.543. The van der Waals surface area contributed by atoms with Crippen LogP contribution < -0.4 is 10.2 Å². The molecule has 1 aromatic carbocycles. The second-order valence-corrected chi connectivity index (χ2v) is 16.8. The number of aromatic nitrogens is 2. The molecule has 1 saturated carbocycles. The smallest absolute Gasteiger partial charge is 0.326 e. The molecule has 5 rings (SSSR count). The topological polar surface area (TPSA) is 95.4 Å². The van der Waals surface area contributed by atoms with Gasteiger partial charge in [-0.05, 0) is 75.0 Å². The van der Waals surface area contributed by atoms with Gasteiger partial charge in [0.1, 0.15) is 6.04 Å². The van der Waals surface area contributed by atoms with Gasteiger partial charge in [0.2, 0.25) is 0 Å². The number of rotatable bonds is 11. The van der Waals surface area contributed by atoms with Gasteiger partial charge in [0.25, 0.3) is 5.91 Å². The zero-order valence-corrected chi connectivity index (χ0v) is 29.1. The summed E-state index contributed by atoms with van der Waals surface area (Å²) in [4.78, 5) is 38.1. The minimum atomic E-state index is -1.06. The fourth-order valence-electron chi connectivity index (χ4n) is 6.85. The molecule has 2 aromatic heterocycles. The van der Waals surface area contributed by atoms with Gasteiger partial charge in [-0.1, -0.05) is 79.5 Å². The van der Waals surface area contributed by atoms with Crippen molar-refractivity contribution in [2.24, 2.45) is 17.8 Å². The second kappa shape index (κ2) is 14.7. The molecule has 0 radical (unpaired) electrons. The third kappa shape index (κ3) is 8.38. The molecule has 3 heterocycles. The number of alkyl halides is 1. The first kappa shape index (κ1) is 32.9. The third-order valence-corrected chi connectivity index (χ3v) is 11.8. The van der Waals surface area contributed by atoms with Crippen LogP contribution in [0.1, 0.15) is 92.3 Å². The predicted octanol–water partition coefficient (Wildman–Crippen LogP) is 8.12. The SMILES string of the molecule is CCCC1CCC(C2CCN(c3cnc(-c4ccc(C[C@H](NC(=O)c5ccc(C(C)(C)I)s5)C(=O)O)cc4)nc3)CC2)CC1. The number of aliphatic carboxylic acids is 1. The van der Waals surface area contributed by atoms with Crippen molar-refractivity contribution < 1.29 is 14.7 Å². The van der Waals surface area contributed by atoms with E-state index in [0.29, 0.717) is 10.7 Å². The summed E-state index contributed by atoms with van der Waals surface area (Å²) >= 11 is 3.73. The lowest BCUT2D eigenvalue weighted by molar-refractivity contribution is -0.139. The largest absolute Gasteiger partial charge is 0.480 e. The summed E-state index contributed by atoms with van der Waals surface area (Å²) in [6, 6.07) is 10.3. The molecule has 0 bridgehead atoms. The molecule has 2 N–H and O–H groups in total. The van der Waals surface area contributed by atoms with E-state index in [1.54, 1.807) is 6.07 Å². The Morgan fingerprint density at radius 1 is 1.00 bits per heavy atom. The van der Waals surface area contributed by atoms with E-state index in [9.17, 15) is 14.7 Å². The quantitative estimate of drug-likeness (QED) is 0.153. The highest BCUT2D eigenvalue weighted by molar-refractivity contribution is 14.1. The summed E-state index contributed by atoms with van der Waals surface area (Å²) in [6.45, 7) is 8.61. The average molecular weight is 729 g/mol. The number of nitrogens with one attached hydrogen (secondary N) is 1. The number of piperidine rings is 1. The van der Waals surface area contributed by atoms with E-state index in [0.717, 1.165) is 52.5 Å². The Hall–Kier alpha value is -2.53. The second-order valence-electron chi connectivity index (χ2n) is 13.1. The molecule has 44 heavy (non-hydrogen) atoms. The number of hydrogen-bond donors (Lipinski definition) is 2.